The molecule has 1 aromatic carbocycles. The summed E-state index contributed by atoms with van der Waals surface area (Å²) in [5.41, 5.74) is 2.45. The Hall–Kier alpha value is -2.13. The maximum Gasteiger partial charge on any atom is 0.276 e. The van der Waals surface area contributed by atoms with Gasteiger partial charge in [-0.2, -0.15) is 5.10 Å². The van der Waals surface area contributed by atoms with Crippen LogP contribution >= 0.6 is 11.8 Å². The van der Waals surface area contributed by atoms with Crippen molar-refractivity contribution in [3.8, 4) is 0 Å². The lowest BCUT2D eigenvalue weighted by Crippen LogP contribution is -2.23. The fourth-order valence-corrected chi connectivity index (χ4v) is 5.59. The molecule has 0 aromatic heterocycles. The minimum Gasteiger partial charge on any atom is -0.399 e. The van der Waals surface area contributed by atoms with Crippen LogP contribution in [-0.4, -0.2) is 56.4 Å². The van der Waals surface area contributed by atoms with Crippen LogP contribution in [0, 0.1) is 0 Å². The van der Waals surface area contributed by atoms with Gasteiger partial charge in [0.2, 0.25) is 0 Å². The Morgan fingerprint density at radius 2 is 2.14 bits per heavy atom. The maximum absolute atomic E-state index is 12.7. The van der Waals surface area contributed by atoms with Crippen LogP contribution in [0.15, 0.2) is 38.9 Å². The summed E-state index contributed by atoms with van der Waals surface area (Å²) in [7, 11) is -1.91. The Labute approximate surface area is 169 Å². The summed E-state index contributed by atoms with van der Waals surface area (Å²) in [5, 5.41) is 9.61. The molecule has 0 N–H and O–H groups in total. The van der Waals surface area contributed by atoms with Gasteiger partial charge in [0.15, 0.2) is 9.84 Å². The molecule has 0 bridgehead atoms. The van der Waals surface area contributed by atoms with Gasteiger partial charge in [0.1, 0.15) is 7.11 Å². The number of fused-ring (bicyclic) bond motifs is 1. The number of hydrogen-bond donors (Lipinski definition) is 0. The topological polar surface area (TPSA) is 88.4 Å². The molecular formula is C19H23N3O4S2. The van der Waals surface area contributed by atoms with Crippen LogP contribution in [-0.2, 0) is 19.5 Å². The predicted molar refractivity (Wildman–Crippen MR) is 112 cm³/mol. The lowest BCUT2D eigenvalue weighted by atomic mass is 10.0. The molecule has 7 nitrogen and oxygen atoms in total. The Morgan fingerprint density at radius 3 is 2.79 bits per heavy atom. The highest BCUT2D eigenvalue weighted by Gasteiger charge is 2.30. The standard InChI is InChI=1S/C19H23N3O4S2/c1-4-9-27-18(15-12-20-22(5-2)19(15)23)13-6-7-17-14(11-13)16(21-26-3)8-10-28(17,24)25/h6-7,11-12H,4-5,8-10H2,1-3H3/b18-15+,21-16+. The monoisotopic (exact) mass is 421 g/mol. The number of hydrogen-bond acceptors (Lipinski definition) is 7. The van der Waals surface area contributed by atoms with Gasteiger partial charge >= 0.3 is 0 Å². The third-order valence-corrected chi connectivity index (χ3v) is 7.61. The third kappa shape index (κ3) is 3.86. The molecule has 2 aliphatic rings. The van der Waals surface area contributed by atoms with Gasteiger partial charge in [0.25, 0.3) is 5.91 Å². The first-order valence-corrected chi connectivity index (χ1v) is 11.8. The van der Waals surface area contributed by atoms with E-state index in [1.807, 2.05) is 6.92 Å². The van der Waals surface area contributed by atoms with E-state index < -0.39 is 9.84 Å². The van der Waals surface area contributed by atoms with Gasteiger partial charge in [-0.1, -0.05) is 18.1 Å². The average Bonchev–Trinajstić information content (AvgIpc) is 3.05. The number of carbonyl (C=O) groups excluding carboxylic acids is 1. The SMILES string of the molecule is CCCS/C(=C1\C=NN(CC)C1=O)c1ccc2c(c1)/C(=N/OC)CCS2(=O)=O. The minimum atomic E-state index is -3.36. The average molecular weight is 422 g/mol. The van der Waals surface area contributed by atoms with Gasteiger partial charge in [-0.15, -0.1) is 11.8 Å². The summed E-state index contributed by atoms with van der Waals surface area (Å²) in [6, 6.07) is 5.16. The predicted octanol–water partition coefficient (Wildman–Crippen LogP) is 2.92. The lowest BCUT2D eigenvalue weighted by Gasteiger charge is -2.20. The van der Waals surface area contributed by atoms with E-state index in [4.69, 9.17) is 4.84 Å². The molecule has 1 aromatic rings. The first-order valence-electron chi connectivity index (χ1n) is 9.13. The number of hydrazone groups is 1. The van der Waals surface area contributed by atoms with Crippen LogP contribution in [0.1, 0.15) is 37.8 Å². The summed E-state index contributed by atoms with van der Waals surface area (Å²) >= 11 is 1.57. The summed E-state index contributed by atoms with van der Waals surface area (Å²) < 4.78 is 24.9. The lowest BCUT2D eigenvalue weighted by molar-refractivity contribution is -0.125. The van der Waals surface area contributed by atoms with Gasteiger partial charge in [-0.25, -0.2) is 13.4 Å². The number of nitrogens with zero attached hydrogens (tertiary/aromatic N) is 3. The van der Waals surface area contributed by atoms with Crippen molar-refractivity contribution in [1.82, 2.24) is 5.01 Å². The zero-order valence-corrected chi connectivity index (χ0v) is 17.8. The van der Waals surface area contributed by atoms with Gasteiger partial charge in [-0.3, -0.25) is 4.79 Å². The molecule has 2 aliphatic heterocycles. The molecule has 0 atom stereocenters. The number of thioether (sulfide) groups is 1. The number of sulfone groups is 1. The molecule has 0 saturated carbocycles. The van der Waals surface area contributed by atoms with Gasteiger partial charge in [0.05, 0.1) is 28.1 Å². The van der Waals surface area contributed by atoms with Crippen LogP contribution in [0.4, 0.5) is 0 Å². The molecule has 0 spiro atoms. The van der Waals surface area contributed by atoms with Crippen molar-refractivity contribution in [1.29, 1.82) is 0 Å². The van der Waals surface area contributed by atoms with Crippen LogP contribution in [0.3, 0.4) is 0 Å². The van der Waals surface area contributed by atoms with Crippen LogP contribution < -0.4 is 0 Å². The van der Waals surface area contributed by atoms with Crippen LogP contribution in [0.25, 0.3) is 4.91 Å². The molecule has 2 heterocycles. The Kier molecular flexibility index (Phi) is 6.24. The summed E-state index contributed by atoms with van der Waals surface area (Å²) in [6.45, 7) is 4.44. The Morgan fingerprint density at radius 1 is 1.36 bits per heavy atom. The van der Waals surface area contributed by atoms with Crippen LogP contribution in [0.2, 0.25) is 0 Å². The minimum absolute atomic E-state index is 0.0106. The van der Waals surface area contributed by atoms with Crippen molar-refractivity contribution in [2.75, 3.05) is 25.2 Å². The van der Waals surface area contributed by atoms with Crippen molar-refractivity contribution in [2.24, 2.45) is 10.3 Å². The molecular weight excluding hydrogens is 398 g/mol. The van der Waals surface area contributed by atoms with E-state index in [0.717, 1.165) is 22.6 Å². The van der Waals surface area contributed by atoms with E-state index in [1.165, 1.54) is 12.1 Å². The summed E-state index contributed by atoms with van der Waals surface area (Å²) in [5.74, 6) is 0.703. The smallest absolute Gasteiger partial charge is 0.276 e. The summed E-state index contributed by atoms with van der Waals surface area (Å²) in [4.78, 5) is 18.6. The number of benzene rings is 1. The maximum atomic E-state index is 12.7. The molecule has 150 valence electrons. The van der Waals surface area contributed by atoms with E-state index in [0.29, 0.717) is 29.8 Å². The molecule has 3 rings (SSSR count). The van der Waals surface area contributed by atoms with Gasteiger partial charge in [0, 0.05) is 23.4 Å². The molecule has 28 heavy (non-hydrogen) atoms. The number of likely N-dealkylation sites (N-methyl/N-ethyl adjacent to an activating group) is 1. The van der Waals surface area contributed by atoms with E-state index in [9.17, 15) is 13.2 Å². The van der Waals surface area contributed by atoms with Crippen LogP contribution in [0.5, 0.6) is 0 Å². The number of amides is 1. The molecule has 0 saturated heterocycles. The normalized spacial score (nSPS) is 21.2. The second-order valence-corrected chi connectivity index (χ2v) is 9.54. The molecule has 1 amide bonds. The Bertz CT molecular complexity index is 981. The zero-order valence-electron chi connectivity index (χ0n) is 16.1. The molecule has 0 aliphatic carbocycles. The van der Waals surface area contributed by atoms with Gasteiger partial charge < -0.3 is 4.84 Å². The summed E-state index contributed by atoms with van der Waals surface area (Å²) in [6.07, 6.45) is 2.83. The quantitative estimate of drug-likeness (QED) is 0.520. The zero-order chi connectivity index (χ0) is 20.3. The highest BCUT2D eigenvalue weighted by molar-refractivity contribution is 8.08. The Balaban J connectivity index is 2.16. The second kappa shape index (κ2) is 8.48. The van der Waals surface area contributed by atoms with Gasteiger partial charge in [-0.05, 0) is 36.8 Å². The van der Waals surface area contributed by atoms with Crippen molar-refractivity contribution >= 4 is 44.3 Å². The fraction of sp³-hybridized carbons (Fsp3) is 0.421. The van der Waals surface area contributed by atoms with Crippen molar-refractivity contribution < 1.29 is 18.0 Å². The van der Waals surface area contributed by atoms with Crippen molar-refractivity contribution in [3.05, 3.63) is 34.9 Å². The number of carbonyl (C=O) groups is 1. The van der Waals surface area contributed by atoms with E-state index >= 15 is 0 Å². The van der Waals surface area contributed by atoms with E-state index in [-0.39, 0.29) is 16.6 Å². The first-order chi connectivity index (χ1) is 13.4. The van der Waals surface area contributed by atoms with E-state index in [2.05, 4.69) is 17.2 Å². The third-order valence-electron chi connectivity index (χ3n) is 4.48. The van der Waals surface area contributed by atoms with Crippen molar-refractivity contribution in [3.63, 3.8) is 0 Å². The molecule has 0 unspecified atom stereocenters. The molecule has 0 fully saturated rings. The largest absolute Gasteiger partial charge is 0.399 e. The fourth-order valence-electron chi connectivity index (χ4n) is 3.12. The molecule has 9 heteroatoms. The number of oxime groups is 1. The highest BCUT2D eigenvalue weighted by atomic mass is 32.2. The highest BCUT2D eigenvalue weighted by Crippen LogP contribution is 2.36. The number of rotatable bonds is 6. The van der Waals surface area contributed by atoms with Crippen molar-refractivity contribution in [2.45, 2.75) is 31.6 Å². The second-order valence-electron chi connectivity index (χ2n) is 6.36. The molecule has 0 radical (unpaired) electrons. The first kappa shape index (κ1) is 20.6. The van der Waals surface area contributed by atoms with E-state index in [1.54, 1.807) is 36.2 Å².